The van der Waals surface area contributed by atoms with Crippen molar-refractivity contribution in [3.05, 3.63) is 29.1 Å². The van der Waals surface area contributed by atoms with Crippen LogP contribution >= 0.6 is 0 Å². The van der Waals surface area contributed by atoms with Crippen molar-refractivity contribution in [2.45, 2.75) is 19.3 Å². The highest BCUT2D eigenvalue weighted by molar-refractivity contribution is 7.85. The van der Waals surface area contributed by atoms with Crippen LogP contribution in [0.25, 0.3) is 0 Å². The van der Waals surface area contributed by atoms with Crippen LogP contribution < -0.4 is 4.74 Å². The monoisotopic (exact) mass is 420 g/mol. The minimum absolute atomic E-state index is 0.146. The zero-order valence-corrected chi connectivity index (χ0v) is 15.4. The van der Waals surface area contributed by atoms with Crippen LogP contribution in [0, 0.1) is 29.1 Å². The van der Waals surface area contributed by atoms with Gasteiger partial charge in [-0.25, -0.2) is 13.2 Å². The summed E-state index contributed by atoms with van der Waals surface area (Å²) in [6, 6.07) is 0. The van der Waals surface area contributed by atoms with Crippen molar-refractivity contribution in [2.24, 2.45) is 0 Å². The van der Waals surface area contributed by atoms with Crippen LogP contribution in [0.4, 0.5) is 22.0 Å². The molecule has 0 aliphatic carbocycles. The molecule has 1 N–H and O–H groups in total. The summed E-state index contributed by atoms with van der Waals surface area (Å²) in [5.41, 5.74) is 0. The van der Waals surface area contributed by atoms with Gasteiger partial charge in [0.2, 0.25) is 34.8 Å². The van der Waals surface area contributed by atoms with E-state index in [1.165, 1.54) is 0 Å². The first-order valence-corrected chi connectivity index (χ1v) is 9.35. The lowest BCUT2D eigenvalue weighted by Gasteiger charge is -2.29. The molecule has 0 amide bonds. The number of ether oxygens (including phenoxy) is 1. The van der Waals surface area contributed by atoms with E-state index in [2.05, 4.69) is 4.74 Å². The zero-order chi connectivity index (χ0) is 21.0. The van der Waals surface area contributed by atoms with E-state index < -0.39 is 56.7 Å². The maximum Gasteiger partial charge on any atom is 0.311 e. The van der Waals surface area contributed by atoms with Gasteiger partial charge in [0, 0.05) is 12.8 Å². The van der Waals surface area contributed by atoms with Gasteiger partial charge in [-0.3, -0.25) is 9.35 Å². The quantitative estimate of drug-likeness (QED) is 0.126. The average molecular weight is 420 g/mol. The van der Waals surface area contributed by atoms with Gasteiger partial charge in [-0.2, -0.15) is 17.2 Å². The Hall–Kier alpha value is -1.79. The van der Waals surface area contributed by atoms with Crippen LogP contribution in [0.3, 0.4) is 0 Å². The molecule has 1 aromatic rings. The first-order valence-electron chi connectivity index (χ1n) is 7.74. The lowest BCUT2D eigenvalue weighted by atomic mass is 10.2. The Morgan fingerprint density at radius 2 is 1.37 bits per heavy atom. The van der Waals surface area contributed by atoms with E-state index in [0.29, 0.717) is 13.1 Å². The fourth-order valence-electron chi connectivity index (χ4n) is 2.28. The zero-order valence-electron chi connectivity index (χ0n) is 14.6. The van der Waals surface area contributed by atoms with Gasteiger partial charge in [0.25, 0.3) is 10.1 Å². The molecule has 0 spiro atoms. The van der Waals surface area contributed by atoms with Gasteiger partial charge in [0.1, 0.15) is 0 Å². The van der Waals surface area contributed by atoms with E-state index in [9.17, 15) is 35.2 Å². The van der Waals surface area contributed by atoms with Crippen LogP contribution in [-0.2, 0) is 14.9 Å². The second kappa shape index (κ2) is 8.93. The molecule has 6 nitrogen and oxygen atoms in total. The average Bonchev–Trinajstić information content (AvgIpc) is 2.53. The SMILES string of the molecule is C[N+](C)(CCCC(=O)Oc1c(F)c(F)c(F)c(F)c1F)CCCS(=O)(=O)O. The number of carbonyl (C=O) groups excluding carboxylic acids is 1. The van der Waals surface area contributed by atoms with E-state index in [0.717, 1.165) is 0 Å². The molecule has 0 saturated carbocycles. The molecule has 0 radical (unpaired) electrons. The smallest absolute Gasteiger partial charge is 0.311 e. The van der Waals surface area contributed by atoms with Crippen LogP contribution in [0.2, 0.25) is 0 Å². The highest BCUT2D eigenvalue weighted by atomic mass is 32.2. The number of esters is 1. The molecular formula is C15H19F5NO5S+. The standard InChI is InChI=1S/C15H18F5NO5S/c1-21(2,7-4-8-27(23,24)25)6-3-5-9(22)26-15-13(19)11(17)10(16)12(18)14(15)20/h3-8H2,1-2H3/p+1. The molecule has 0 atom stereocenters. The first kappa shape index (κ1) is 23.2. The third kappa shape index (κ3) is 7.03. The van der Waals surface area contributed by atoms with Crippen LogP contribution in [0.5, 0.6) is 5.75 Å². The number of hydrogen-bond donors (Lipinski definition) is 1. The van der Waals surface area contributed by atoms with Gasteiger partial charge in [0.05, 0.1) is 39.4 Å². The van der Waals surface area contributed by atoms with Gasteiger partial charge >= 0.3 is 5.97 Å². The number of rotatable bonds is 9. The Morgan fingerprint density at radius 1 is 0.926 bits per heavy atom. The summed E-state index contributed by atoms with van der Waals surface area (Å²) in [7, 11) is -0.633. The summed E-state index contributed by atoms with van der Waals surface area (Å²) in [4.78, 5) is 11.6. The normalized spacial score (nSPS) is 12.3. The second-order valence-corrected chi connectivity index (χ2v) is 8.07. The van der Waals surface area contributed by atoms with E-state index in [1.807, 2.05) is 0 Å². The number of halogens is 5. The Bertz CT molecular complexity index is 784. The molecular weight excluding hydrogens is 401 g/mol. The van der Waals surface area contributed by atoms with E-state index in [1.54, 1.807) is 14.1 Å². The summed E-state index contributed by atoms with van der Waals surface area (Å²) in [6.45, 7) is 0.685. The largest absolute Gasteiger partial charge is 0.420 e. The highest BCUT2D eigenvalue weighted by Gasteiger charge is 2.28. The topological polar surface area (TPSA) is 80.7 Å². The van der Waals surface area contributed by atoms with Gasteiger partial charge in [0.15, 0.2) is 0 Å². The first-order chi connectivity index (χ1) is 12.2. The number of nitrogens with zero attached hydrogens (tertiary/aromatic N) is 1. The van der Waals surface area contributed by atoms with E-state index in [4.69, 9.17) is 4.55 Å². The van der Waals surface area contributed by atoms with Crippen molar-refractivity contribution in [3.8, 4) is 5.75 Å². The Labute approximate surface area is 152 Å². The van der Waals surface area contributed by atoms with Crippen LogP contribution in [0.1, 0.15) is 19.3 Å². The molecule has 1 rings (SSSR count). The molecule has 0 unspecified atom stereocenters. The highest BCUT2D eigenvalue weighted by Crippen LogP contribution is 2.29. The van der Waals surface area contributed by atoms with Crippen molar-refractivity contribution >= 4 is 16.1 Å². The molecule has 1 aromatic carbocycles. The molecule has 0 heterocycles. The minimum atomic E-state index is -4.08. The van der Waals surface area contributed by atoms with Crippen LogP contribution in [-0.4, -0.2) is 56.4 Å². The van der Waals surface area contributed by atoms with Gasteiger partial charge in [-0.1, -0.05) is 0 Å². The molecule has 0 aliphatic rings. The Morgan fingerprint density at radius 3 is 1.85 bits per heavy atom. The Kier molecular flexibility index (Phi) is 7.69. The summed E-state index contributed by atoms with van der Waals surface area (Å²) in [6.07, 6.45) is -0.0482. The number of carbonyl (C=O) groups is 1. The fraction of sp³-hybridized carbons (Fsp3) is 0.533. The number of benzene rings is 1. The van der Waals surface area contributed by atoms with Gasteiger partial charge < -0.3 is 9.22 Å². The molecule has 0 aliphatic heterocycles. The van der Waals surface area contributed by atoms with Crippen molar-refractivity contribution in [1.29, 1.82) is 0 Å². The predicted octanol–water partition coefficient (Wildman–Crippen LogP) is 2.42. The number of hydrogen-bond acceptors (Lipinski definition) is 4. The van der Waals surface area contributed by atoms with Crippen LogP contribution in [0.15, 0.2) is 0 Å². The lowest BCUT2D eigenvalue weighted by Crippen LogP contribution is -2.42. The minimum Gasteiger partial charge on any atom is -0.420 e. The van der Waals surface area contributed by atoms with Gasteiger partial charge in [-0.05, 0) is 0 Å². The molecule has 0 saturated heterocycles. The molecule has 0 fully saturated rings. The third-order valence-corrected chi connectivity index (χ3v) is 4.50. The summed E-state index contributed by atoms with van der Waals surface area (Å²) in [5.74, 6) is -14.5. The lowest BCUT2D eigenvalue weighted by molar-refractivity contribution is -0.890. The van der Waals surface area contributed by atoms with Crippen molar-refractivity contribution in [2.75, 3.05) is 32.9 Å². The molecule has 12 heteroatoms. The predicted molar refractivity (Wildman–Crippen MR) is 84.0 cm³/mol. The van der Waals surface area contributed by atoms with E-state index in [-0.39, 0.29) is 23.7 Å². The maximum atomic E-state index is 13.4. The summed E-state index contributed by atoms with van der Waals surface area (Å²) in [5, 5.41) is 0. The molecule has 0 bridgehead atoms. The van der Waals surface area contributed by atoms with E-state index >= 15 is 0 Å². The summed E-state index contributed by atoms with van der Waals surface area (Å²) < 4.78 is 100. The van der Waals surface area contributed by atoms with Crippen molar-refractivity contribution in [3.63, 3.8) is 0 Å². The maximum absolute atomic E-state index is 13.4. The Balaban J connectivity index is 2.60. The molecule has 154 valence electrons. The summed E-state index contributed by atoms with van der Waals surface area (Å²) >= 11 is 0. The van der Waals surface area contributed by atoms with Crippen molar-refractivity contribution < 1.29 is 48.9 Å². The fourth-order valence-corrected chi connectivity index (χ4v) is 2.77. The molecule has 27 heavy (non-hydrogen) atoms. The van der Waals surface area contributed by atoms with Gasteiger partial charge in [-0.15, -0.1) is 0 Å². The van der Waals surface area contributed by atoms with Crippen molar-refractivity contribution in [1.82, 2.24) is 0 Å². The molecule has 0 aromatic heterocycles. The third-order valence-electron chi connectivity index (χ3n) is 3.70. The number of quaternary nitrogens is 1. The second-order valence-electron chi connectivity index (χ2n) is 6.50.